The van der Waals surface area contributed by atoms with Crippen LogP contribution in [0.2, 0.25) is 0 Å². The van der Waals surface area contributed by atoms with Gasteiger partial charge >= 0.3 is 0 Å². The van der Waals surface area contributed by atoms with Crippen LogP contribution in [0.1, 0.15) is 55.8 Å². The van der Waals surface area contributed by atoms with Crippen LogP contribution in [0, 0.1) is 5.92 Å². The zero-order valence-corrected chi connectivity index (χ0v) is 19.1. The van der Waals surface area contributed by atoms with E-state index >= 15 is 0 Å². The van der Waals surface area contributed by atoms with Crippen LogP contribution in [-0.4, -0.2) is 48.1 Å². The Morgan fingerprint density at radius 1 is 0.867 bits per heavy atom. The van der Waals surface area contributed by atoms with E-state index in [2.05, 4.69) is 78.0 Å². The summed E-state index contributed by atoms with van der Waals surface area (Å²) in [5, 5.41) is 7.33. The van der Waals surface area contributed by atoms with Crippen molar-refractivity contribution in [3.8, 4) is 0 Å². The Labute approximate surface area is 184 Å². The molecule has 0 amide bonds. The smallest absolute Gasteiger partial charge is 0.0719 e. The van der Waals surface area contributed by atoms with Crippen molar-refractivity contribution in [2.24, 2.45) is 5.92 Å². The molecule has 1 atom stereocenters. The number of rotatable bonds is 1. The van der Waals surface area contributed by atoms with Crippen LogP contribution < -0.4 is 0 Å². The molecule has 0 radical (unpaired) electrons. The summed E-state index contributed by atoms with van der Waals surface area (Å²) in [7, 11) is 2.22. The Morgan fingerprint density at radius 3 is 1.90 bits per heavy atom. The summed E-state index contributed by atoms with van der Waals surface area (Å²) in [6.07, 6.45) is 6.37. The Bertz CT molecular complexity index is 700. The first kappa shape index (κ1) is 24.2. The van der Waals surface area contributed by atoms with Gasteiger partial charge in [0.15, 0.2) is 0 Å². The number of nitrogens with zero attached hydrogens (tertiary/aromatic N) is 2. The second-order valence-corrected chi connectivity index (χ2v) is 8.00. The average molecular weight is 409 g/mol. The normalized spacial score (nSPS) is 23.9. The number of hydrogen-bond acceptors (Lipinski definition) is 3. The number of hydrogen-bond donors (Lipinski definition) is 1. The SMILES string of the molecule is C1CN2CCC1CC2.C=CO.CC.CN1CCc2ccccc2C1c1ccccc1. The van der Waals surface area contributed by atoms with E-state index in [0.29, 0.717) is 6.04 Å². The Kier molecular flexibility index (Phi) is 10.7. The number of piperidine rings is 3. The van der Waals surface area contributed by atoms with E-state index in [1.165, 1.54) is 55.6 Å². The van der Waals surface area contributed by atoms with Crippen molar-refractivity contribution in [2.75, 3.05) is 33.2 Å². The minimum atomic E-state index is 0.418. The van der Waals surface area contributed by atoms with Gasteiger partial charge in [-0.15, -0.1) is 0 Å². The molecule has 4 aliphatic rings. The molecule has 0 aliphatic carbocycles. The molecule has 0 aromatic heterocycles. The molecule has 2 bridgehead atoms. The van der Waals surface area contributed by atoms with E-state index in [4.69, 9.17) is 5.11 Å². The quantitative estimate of drug-likeness (QED) is 0.579. The van der Waals surface area contributed by atoms with Gasteiger partial charge in [0.05, 0.1) is 12.3 Å². The molecule has 1 N–H and O–H groups in total. The fourth-order valence-electron chi connectivity index (χ4n) is 4.63. The summed E-state index contributed by atoms with van der Waals surface area (Å²) >= 11 is 0. The third-order valence-electron chi connectivity index (χ3n) is 6.20. The molecular weight excluding hydrogens is 368 g/mol. The van der Waals surface area contributed by atoms with Gasteiger partial charge in [0.25, 0.3) is 0 Å². The molecule has 3 saturated heterocycles. The summed E-state index contributed by atoms with van der Waals surface area (Å²) in [4.78, 5) is 5.03. The Morgan fingerprint density at radius 2 is 1.40 bits per heavy atom. The molecule has 1 unspecified atom stereocenters. The summed E-state index contributed by atoms with van der Waals surface area (Å²) in [5.74, 6) is 1.11. The van der Waals surface area contributed by atoms with E-state index in [1.807, 2.05) is 13.8 Å². The highest BCUT2D eigenvalue weighted by atomic mass is 16.2. The van der Waals surface area contributed by atoms with Gasteiger partial charge in [-0.05, 0) is 75.0 Å². The van der Waals surface area contributed by atoms with Crippen LogP contribution in [-0.2, 0) is 6.42 Å². The lowest BCUT2D eigenvalue weighted by Gasteiger charge is -2.38. The maximum atomic E-state index is 7.33. The van der Waals surface area contributed by atoms with Gasteiger partial charge in [0.1, 0.15) is 0 Å². The first-order chi connectivity index (χ1) is 14.7. The van der Waals surface area contributed by atoms with Crippen molar-refractivity contribution in [1.82, 2.24) is 9.80 Å². The van der Waals surface area contributed by atoms with Crippen LogP contribution in [0.4, 0.5) is 0 Å². The standard InChI is InChI=1S/C16H17N.C7H13N.C2H4O.C2H6/c1-17-12-11-13-7-5-6-10-15(13)16(17)14-8-3-2-4-9-14;1-4-8-5-2-7(1)3-6-8;1-2-3;1-2/h2-10,16H,11-12H2,1H3;7H,1-6H2;2-3H,1H2;1-2H3. The van der Waals surface area contributed by atoms with Crippen molar-refractivity contribution < 1.29 is 5.11 Å². The highest BCUT2D eigenvalue weighted by Crippen LogP contribution is 2.33. The maximum Gasteiger partial charge on any atom is 0.0719 e. The molecule has 164 valence electrons. The van der Waals surface area contributed by atoms with E-state index in [9.17, 15) is 0 Å². The molecule has 2 aromatic carbocycles. The second kappa shape index (κ2) is 13.3. The Hall–Kier alpha value is -2.10. The average Bonchev–Trinajstić information content (AvgIpc) is 2.83. The predicted molar refractivity (Wildman–Crippen MR) is 129 cm³/mol. The van der Waals surface area contributed by atoms with E-state index in [1.54, 1.807) is 0 Å². The molecule has 3 fully saturated rings. The van der Waals surface area contributed by atoms with Gasteiger partial charge in [0, 0.05) is 6.54 Å². The third-order valence-corrected chi connectivity index (χ3v) is 6.20. The summed E-state index contributed by atoms with van der Waals surface area (Å²) in [5.41, 5.74) is 4.36. The predicted octanol–water partition coefficient (Wildman–Crippen LogP) is 6.08. The largest absolute Gasteiger partial charge is 0.516 e. The van der Waals surface area contributed by atoms with E-state index in [-0.39, 0.29) is 0 Å². The van der Waals surface area contributed by atoms with Crippen LogP contribution in [0.3, 0.4) is 0 Å². The van der Waals surface area contributed by atoms with Gasteiger partial charge in [-0.2, -0.15) is 0 Å². The van der Waals surface area contributed by atoms with Crippen LogP contribution >= 0.6 is 0 Å². The summed E-state index contributed by atoms with van der Waals surface area (Å²) in [6.45, 7) is 12.2. The van der Waals surface area contributed by atoms with E-state index < -0.39 is 0 Å². The number of benzene rings is 2. The highest BCUT2D eigenvalue weighted by Gasteiger charge is 2.25. The molecule has 3 heteroatoms. The van der Waals surface area contributed by atoms with Crippen molar-refractivity contribution in [2.45, 2.75) is 45.6 Å². The topological polar surface area (TPSA) is 26.7 Å². The Balaban J connectivity index is 0.000000205. The molecular formula is C27H40N2O. The van der Waals surface area contributed by atoms with Gasteiger partial charge < -0.3 is 10.0 Å². The molecule has 30 heavy (non-hydrogen) atoms. The van der Waals surface area contributed by atoms with E-state index in [0.717, 1.165) is 25.1 Å². The van der Waals surface area contributed by atoms with Crippen LogP contribution in [0.5, 0.6) is 0 Å². The number of fused-ring (bicyclic) bond motifs is 4. The monoisotopic (exact) mass is 408 g/mol. The molecule has 2 aromatic rings. The number of aliphatic hydroxyl groups is 1. The lowest BCUT2D eigenvalue weighted by Crippen LogP contribution is -2.41. The molecule has 6 rings (SSSR count). The van der Waals surface area contributed by atoms with Crippen molar-refractivity contribution in [3.05, 3.63) is 84.1 Å². The maximum absolute atomic E-state index is 7.33. The second-order valence-electron chi connectivity index (χ2n) is 8.00. The third kappa shape index (κ3) is 6.72. The number of likely N-dealkylation sites (N-methyl/N-ethyl adjacent to an activating group) is 1. The van der Waals surface area contributed by atoms with Crippen molar-refractivity contribution in [1.29, 1.82) is 0 Å². The lowest BCUT2D eigenvalue weighted by atomic mass is 9.89. The number of aliphatic hydroxyl groups excluding tert-OH is 1. The van der Waals surface area contributed by atoms with Crippen molar-refractivity contribution in [3.63, 3.8) is 0 Å². The minimum absolute atomic E-state index is 0.418. The van der Waals surface area contributed by atoms with Crippen LogP contribution in [0.15, 0.2) is 67.4 Å². The minimum Gasteiger partial charge on any atom is -0.516 e. The van der Waals surface area contributed by atoms with Crippen LogP contribution in [0.25, 0.3) is 0 Å². The molecule has 0 spiro atoms. The van der Waals surface area contributed by atoms with Gasteiger partial charge in [-0.3, -0.25) is 4.90 Å². The summed E-state index contributed by atoms with van der Waals surface area (Å²) in [6, 6.07) is 20.0. The fraction of sp³-hybridized carbons (Fsp3) is 0.481. The molecule has 3 nitrogen and oxygen atoms in total. The summed E-state index contributed by atoms with van der Waals surface area (Å²) < 4.78 is 0. The van der Waals surface area contributed by atoms with Crippen molar-refractivity contribution >= 4 is 0 Å². The highest BCUT2D eigenvalue weighted by molar-refractivity contribution is 5.39. The zero-order chi connectivity index (χ0) is 21.8. The first-order valence-corrected chi connectivity index (χ1v) is 11.5. The van der Waals surface area contributed by atoms with Gasteiger partial charge in [-0.25, -0.2) is 0 Å². The first-order valence-electron chi connectivity index (χ1n) is 11.5. The lowest BCUT2D eigenvalue weighted by molar-refractivity contribution is 0.111. The molecule has 4 aliphatic heterocycles. The molecule has 0 saturated carbocycles. The fourth-order valence-corrected chi connectivity index (χ4v) is 4.63. The zero-order valence-electron chi connectivity index (χ0n) is 19.1. The van der Waals surface area contributed by atoms with Gasteiger partial charge in [-0.1, -0.05) is 75.0 Å². The molecule has 4 heterocycles. The van der Waals surface area contributed by atoms with Gasteiger partial charge in [0.2, 0.25) is 0 Å².